The highest BCUT2D eigenvalue weighted by molar-refractivity contribution is 5.94. The Morgan fingerprint density at radius 1 is 0.967 bits per heavy atom. The molecule has 7 heteroatoms. The molecule has 1 heterocycles. The predicted octanol–water partition coefficient (Wildman–Crippen LogP) is 2.08. The average Bonchev–Trinajstić information content (AvgIpc) is 2.78. The van der Waals surface area contributed by atoms with Gasteiger partial charge in [-0.15, -0.1) is 0 Å². The number of rotatable bonds is 6. The molecular formula is C23H20N2O5. The van der Waals surface area contributed by atoms with E-state index in [1.165, 1.54) is 6.26 Å². The molecule has 1 amide bonds. The number of anilines is 1. The van der Waals surface area contributed by atoms with Crippen LogP contribution in [0.5, 0.6) is 5.75 Å². The Morgan fingerprint density at radius 2 is 1.60 bits per heavy atom. The summed E-state index contributed by atoms with van der Waals surface area (Å²) in [6.45, 7) is 0.284. The number of benzene rings is 2. The fraction of sp³-hybridized carbons (Fsp3) is 0.130. The fourth-order valence-electron chi connectivity index (χ4n) is 2.55. The molecule has 4 N–H and O–H groups in total. The Hall–Kier alpha value is -4.02. The van der Waals surface area contributed by atoms with Crippen LogP contribution in [0.25, 0.3) is 0 Å². The number of aliphatic hydroxyl groups is 1. The number of nitrogens with one attached hydrogen (secondary N) is 2. The first kappa shape index (κ1) is 20.7. The SMILES string of the molecule is O=C(NCCO)c1ccc(C#Cc2ccc(NCc3occc(=O)c3O)cc2)cc1. The third-order valence-corrected chi connectivity index (χ3v) is 4.16. The van der Waals surface area contributed by atoms with E-state index >= 15 is 0 Å². The van der Waals surface area contributed by atoms with Crippen LogP contribution >= 0.6 is 0 Å². The molecule has 0 aliphatic rings. The van der Waals surface area contributed by atoms with Gasteiger partial charge in [0.25, 0.3) is 5.91 Å². The third kappa shape index (κ3) is 5.50. The lowest BCUT2D eigenvalue weighted by atomic mass is 10.1. The zero-order chi connectivity index (χ0) is 21.3. The first-order valence-corrected chi connectivity index (χ1v) is 9.21. The minimum absolute atomic E-state index is 0.102. The van der Waals surface area contributed by atoms with Crippen LogP contribution in [-0.4, -0.2) is 29.3 Å². The Morgan fingerprint density at radius 3 is 2.23 bits per heavy atom. The molecule has 0 spiro atoms. The minimum atomic E-state index is -0.484. The van der Waals surface area contributed by atoms with Crippen molar-refractivity contribution < 1.29 is 19.4 Å². The van der Waals surface area contributed by atoms with Crippen LogP contribution in [0.15, 0.2) is 70.1 Å². The number of hydrogen-bond donors (Lipinski definition) is 4. The van der Waals surface area contributed by atoms with E-state index in [9.17, 15) is 14.7 Å². The number of carbonyl (C=O) groups excluding carboxylic acids is 1. The van der Waals surface area contributed by atoms with Crippen molar-refractivity contribution >= 4 is 11.6 Å². The van der Waals surface area contributed by atoms with E-state index < -0.39 is 11.2 Å². The summed E-state index contributed by atoms with van der Waals surface area (Å²) in [5.41, 5.74) is 2.38. The summed E-state index contributed by atoms with van der Waals surface area (Å²) >= 11 is 0. The van der Waals surface area contributed by atoms with Gasteiger partial charge in [0, 0.05) is 35.0 Å². The minimum Gasteiger partial charge on any atom is -0.502 e. The first-order valence-electron chi connectivity index (χ1n) is 9.21. The van der Waals surface area contributed by atoms with Crippen molar-refractivity contribution in [3.8, 4) is 17.6 Å². The van der Waals surface area contributed by atoms with E-state index in [0.717, 1.165) is 22.9 Å². The summed E-state index contributed by atoms with van der Waals surface area (Å²) in [5, 5.41) is 24.1. The van der Waals surface area contributed by atoms with E-state index in [1.54, 1.807) is 24.3 Å². The monoisotopic (exact) mass is 404 g/mol. The summed E-state index contributed by atoms with van der Waals surface area (Å²) in [5.74, 6) is 5.61. The molecule has 0 aliphatic carbocycles. The van der Waals surface area contributed by atoms with Gasteiger partial charge in [-0.2, -0.15) is 0 Å². The number of amides is 1. The van der Waals surface area contributed by atoms with Crippen molar-refractivity contribution in [3.63, 3.8) is 0 Å². The summed E-state index contributed by atoms with van der Waals surface area (Å²) < 4.78 is 5.14. The molecule has 0 saturated heterocycles. The molecule has 0 radical (unpaired) electrons. The highest BCUT2D eigenvalue weighted by Gasteiger charge is 2.07. The van der Waals surface area contributed by atoms with Crippen molar-refractivity contribution in [1.29, 1.82) is 0 Å². The highest BCUT2D eigenvalue weighted by atomic mass is 16.4. The number of aliphatic hydroxyl groups excluding tert-OH is 1. The Balaban J connectivity index is 1.59. The molecule has 3 rings (SSSR count). The van der Waals surface area contributed by atoms with Crippen molar-refractivity contribution in [1.82, 2.24) is 5.32 Å². The van der Waals surface area contributed by atoms with Crippen LogP contribution in [0.4, 0.5) is 5.69 Å². The summed E-state index contributed by atoms with van der Waals surface area (Å²) in [7, 11) is 0. The van der Waals surface area contributed by atoms with Crippen LogP contribution in [-0.2, 0) is 6.54 Å². The molecule has 0 unspecified atom stereocenters. The van der Waals surface area contributed by atoms with Gasteiger partial charge in [-0.1, -0.05) is 11.8 Å². The number of aromatic hydroxyl groups is 1. The normalized spacial score (nSPS) is 10.0. The molecule has 2 aromatic carbocycles. The van der Waals surface area contributed by atoms with Crippen molar-refractivity contribution in [2.45, 2.75) is 6.54 Å². The van der Waals surface area contributed by atoms with Gasteiger partial charge in [-0.05, 0) is 48.5 Å². The van der Waals surface area contributed by atoms with Gasteiger partial charge in [0.2, 0.25) is 11.2 Å². The molecule has 7 nitrogen and oxygen atoms in total. The lowest BCUT2D eigenvalue weighted by Gasteiger charge is -2.06. The number of hydrogen-bond acceptors (Lipinski definition) is 6. The summed E-state index contributed by atoms with van der Waals surface area (Å²) in [4.78, 5) is 23.2. The smallest absolute Gasteiger partial charge is 0.251 e. The highest BCUT2D eigenvalue weighted by Crippen LogP contribution is 2.15. The first-order chi connectivity index (χ1) is 14.6. The summed E-state index contributed by atoms with van der Waals surface area (Å²) in [6, 6.07) is 15.4. The molecule has 1 aromatic heterocycles. The second-order valence-corrected chi connectivity index (χ2v) is 6.29. The maximum Gasteiger partial charge on any atom is 0.251 e. The molecule has 0 fully saturated rings. The maximum absolute atomic E-state index is 11.8. The van der Waals surface area contributed by atoms with E-state index in [1.807, 2.05) is 24.3 Å². The topological polar surface area (TPSA) is 112 Å². The van der Waals surface area contributed by atoms with Crippen LogP contribution in [0.2, 0.25) is 0 Å². The van der Waals surface area contributed by atoms with Crippen molar-refractivity contribution in [2.75, 3.05) is 18.5 Å². The molecular weight excluding hydrogens is 384 g/mol. The van der Waals surface area contributed by atoms with Crippen molar-refractivity contribution in [2.24, 2.45) is 0 Å². The zero-order valence-corrected chi connectivity index (χ0v) is 16.0. The largest absolute Gasteiger partial charge is 0.502 e. The van der Waals surface area contributed by atoms with Gasteiger partial charge in [0.05, 0.1) is 19.4 Å². The fourth-order valence-corrected chi connectivity index (χ4v) is 2.55. The summed E-state index contributed by atoms with van der Waals surface area (Å²) in [6.07, 6.45) is 1.24. The molecule has 0 bridgehead atoms. The average molecular weight is 404 g/mol. The molecule has 3 aromatic rings. The second kappa shape index (κ2) is 9.96. The van der Waals surface area contributed by atoms with Gasteiger partial charge in [-0.3, -0.25) is 9.59 Å². The lowest BCUT2D eigenvalue weighted by Crippen LogP contribution is -2.26. The van der Waals surface area contributed by atoms with E-state index in [0.29, 0.717) is 5.56 Å². The standard InChI is InChI=1S/C23H20N2O5/c26-13-12-24-23(29)18-7-3-16(4-8-18)1-2-17-5-9-19(10-6-17)25-15-21-22(28)20(27)11-14-30-21/h3-11,14,25-26,28H,12-13,15H2,(H,24,29). The third-order valence-electron chi connectivity index (χ3n) is 4.16. The number of carbonyl (C=O) groups is 1. The van der Waals surface area contributed by atoms with Crippen LogP contribution in [0.3, 0.4) is 0 Å². The van der Waals surface area contributed by atoms with Crippen molar-refractivity contribution in [3.05, 3.63) is 93.5 Å². The van der Waals surface area contributed by atoms with Crippen LogP contribution in [0.1, 0.15) is 27.2 Å². The van der Waals surface area contributed by atoms with Gasteiger partial charge < -0.3 is 25.3 Å². The van der Waals surface area contributed by atoms with Crippen LogP contribution < -0.4 is 16.1 Å². The molecule has 0 saturated carbocycles. The van der Waals surface area contributed by atoms with Gasteiger partial charge in [0.1, 0.15) is 0 Å². The van der Waals surface area contributed by atoms with E-state index in [4.69, 9.17) is 9.52 Å². The predicted molar refractivity (Wildman–Crippen MR) is 112 cm³/mol. The molecule has 0 aliphatic heterocycles. The lowest BCUT2D eigenvalue weighted by molar-refractivity contribution is 0.0945. The Labute approximate surface area is 173 Å². The van der Waals surface area contributed by atoms with E-state index in [-0.39, 0.29) is 31.4 Å². The second-order valence-electron chi connectivity index (χ2n) is 6.29. The zero-order valence-electron chi connectivity index (χ0n) is 16.0. The Bertz CT molecular complexity index is 1120. The molecule has 0 atom stereocenters. The quantitative estimate of drug-likeness (QED) is 0.468. The van der Waals surface area contributed by atoms with Gasteiger partial charge in [0.15, 0.2) is 5.76 Å². The van der Waals surface area contributed by atoms with Crippen LogP contribution in [0, 0.1) is 11.8 Å². The Kier molecular flexibility index (Phi) is 6.87. The van der Waals surface area contributed by atoms with Gasteiger partial charge >= 0.3 is 0 Å². The van der Waals surface area contributed by atoms with Gasteiger partial charge in [-0.25, -0.2) is 0 Å². The van der Waals surface area contributed by atoms with E-state index in [2.05, 4.69) is 22.5 Å². The molecule has 30 heavy (non-hydrogen) atoms. The maximum atomic E-state index is 11.8. The molecule has 152 valence electrons.